The lowest BCUT2D eigenvalue weighted by Crippen LogP contribution is -2.44. The number of para-hydroxylation sites is 1. The van der Waals surface area contributed by atoms with E-state index in [1.807, 2.05) is 29.3 Å². The minimum Gasteiger partial charge on any atom is -0.361 e. The number of aromatic amines is 1. The third-order valence-corrected chi connectivity index (χ3v) is 4.27. The molecule has 1 aliphatic heterocycles. The summed E-state index contributed by atoms with van der Waals surface area (Å²) in [7, 11) is 0. The minimum absolute atomic E-state index is 0.252. The summed E-state index contributed by atoms with van der Waals surface area (Å²) in [5.74, 6) is 0.252. The molecule has 0 aliphatic carbocycles. The fourth-order valence-corrected chi connectivity index (χ4v) is 3.19. The number of fused-ring (bicyclic) bond motifs is 1. The molecule has 3 rings (SSSR count). The van der Waals surface area contributed by atoms with Crippen molar-refractivity contribution in [2.45, 2.75) is 33.1 Å². The fraction of sp³-hybridized carbons (Fsp3) is 0.471. The lowest BCUT2D eigenvalue weighted by atomic mass is 9.84. The molecule has 1 fully saturated rings. The first kappa shape index (κ1) is 13.2. The summed E-state index contributed by atoms with van der Waals surface area (Å²) in [6, 6.07) is 8.16. The molecule has 3 heteroatoms. The van der Waals surface area contributed by atoms with E-state index in [1.165, 1.54) is 6.42 Å². The Morgan fingerprint density at radius 3 is 2.95 bits per heavy atom. The molecule has 1 amide bonds. The maximum absolute atomic E-state index is 12.5. The SMILES string of the molecule is CC1(C)CCCN(C(=O)Cc2c[nH]c3ccccc23)C1. The Balaban J connectivity index is 1.76. The lowest BCUT2D eigenvalue weighted by molar-refractivity contribution is -0.133. The van der Waals surface area contributed by atoms with Crippen LogP contribution in [0.4, 0.5) is 0 Å². The number of carbonyl (C=O) groups is 1. The highest BCUT2D eigenvalue weighted by atomic mass is 16.2. The van der Waals surface area contributed by atoms with Gasteiger partial charge in [0.25, 0.3) is 0 Å². The van der Waals surface area contributed by atoms with Gasteiger partial charge in [0.05, 0.1) is 6.42 Å². The van der Waals surface area contributed by atoms with E-state index in [0.717, 1.165) is 36.0 Å². The van der Waals surface area contributed by atoms with Gasteiger partial charge in [0.1, 0.15) is 0 Å². The van der Waals surface area contributed by atoms with Gasteiger partial charge < -0.3 is 9.88 Å². The topological polar surface area (TPSA) is 36.1 Å². The first-order chi connectivity index (χ1) is 9.55. The number of hydrogen-bond donors (Lipinski definition) is 1. The third kappa shape index (κ3) is 2.58. The molecule has 20 heavy (non-hydrogen) atoms. The molecule has 1 saturated heterocycles. The summed E-state index contributed by atoms with van der Waals surface area (Å²) in [5, 5.41) is 1.16. The van der Waals surface area contributed by atoms with Crippen LogP contribution in [0.15, 0.2) is 30.5 Å². The van der Waals surface area contributed by atoms with E-state index in [0.29, 0.717) is 6.42 Å². The molecule has 2 heterocycles. The molecule has 0 unspecified atom stereocenters. The van der Waals surface area contributed by atoms with Crippen LogP contribution >= 0.6 is 0 Å². The van der Waals surface area contributed by atoms with E-state index < -0.39 is 0 Å². The van der Waals surface area contributed by atoms with Crippen LogP contribution in [-0.2, 0) is 11.2 Å². The van der Waals surface area contributed by atoms with Gasteiger partial charge in [-0.25, -0.2) is 0 Å². The predicted octanol–water partition coefficient (Wildman–Crippen LogP) is 3.36. The van der Waals surface area contributed by atoms with Crippen LogP contribution < -0.4 is 0 Å². The number of likely N-dealkylation sites (tertiary alicyclic amines) is 1. The van der Waals surface area contributed by atoms with Gasteiger partial charge in [-0.3, -0.25) is 4.79 Å². The van der Waals surface area contributed by atoms with Crippen molar-refractivity contribution in [1.82, 2.24) is 9.88 Å². The second-order valence-electron chi connectivity index (χ2n) is 6.62. The molecule has 0 atom stereocenters. The molecule has 1 aromatic heterocycles. The van der Waals surface area contributed by atoms with E-state index >= 15 is 0 Å². The zero-order chi connectivity index (χ0) is 14.2. The molecule has 1 aromatic carbocycles. The first-order valence-corrected chi connectivity index (χ1v) is 7.38. The van der Waals surface area contributed by atoms with Crippen molar-refractivity contribution in [3.63, 3.8) is 0 Å². The predicted molar refractivity (Wildman–Crippen MR) is 81.6 cm³/mol. The van der Waals surface area contributed by atoms with Crippen LogP contribution in [0.25, 0.3) is 10.9 Å². The van der Waals surface area contributed by atoms with Crippen LogP contribution in [0.2, 0.25) is 0 Å². The molecule has 1 aliphatic rings. The number of nitrogens with one attached hydrogen (secondary N) is 1. The number of H-pyrrole nitrogens is 1. The van der Waals surface area contributed by atoms with Crippen molar-refractivity contribution in [2.75, 3.05) is 13.1 Å². The van der Waals surface area contributed by atoms with Crippen molar-refractivity contribution in [1.29, 1.82) is 0 Å². The lowest BCUT2D eigenvalue weighted by Gasteiger charge is -2.38. The normalized spacial score (nSPS) is 18.4. The summed E-state index contributed by atoms with van der Waals surface area (Å²) in [6.45, 7) is 6.29. The van der Waals surface area contributed by atoms with E-state index in [1.54, 1.807) is 0 Å². The van der Waals surface area contributed by atoms with Gasteiger partial charge in [0, 0.05) is 30.2 Å². The summed E-state index contributed by atoms with van der Waals surface area (Å²) in [6.07, 6.45) is 4.80. The van der Waals surface area contributed by atoms with Gasteiger partial charge >= 0.3 is 0 Å². The molecule has 3 nitrogen and oxygen atoms in total. The molecule has 106 valence electrons. The van der Waals surface area contributed by atoms with Gasteiger partial charge in [-0.2, -0.15) is 0 Å². The second kappa shape index (κ2) is 4.97. The van der Waals surface area contributed by atoms with Crippen molar-refractivity contribution in [2.24, 2.45) is 5.41 Å². The Morgan fingerprint density at radius 2 is 2.15 bits per heavy atom. The van der Waals surface area contributed by atoms with Crippen LogP contribution in [0, 0.1) is 5.41 Å². The number of piperidine rings is 1. The van der Waals surface area contributed by atoms with Gasteiger partial charge in [0.2, 0.25) is 5.91 Å². The summed E-state index contributed by atoms with van der Waals surface area (Å²) in [5.41, 5.74) is 2.47. The largest absolute Gasteiger partial charge is 0.361 e. The quantitative estimate of drug-likeness (QED) is 0.892. The average molecular weight is 270 g/mol. The van der Waals surface area contributed by atoms with Crippen molar-refractivity contribution < 1.29 is 4.79 Å². The molecular formula is C17H22N2O. The van der Waals surface area contributed by atoms with Gasteiger partial charge in [-0.1, -0.05) is 32.0 Å². The average Bonchev–Trinajstić information content (AvgIpc) is 2.81. The van der Waals surface area contributed by atoms with E-state index in [9.17, 15) is 4.79 Å². The number of aromatic nitrogens is 1. The van der Waals surface area contributed by atoms with Gasteiger partial charge in [-0.05, 0) is 29.9 Å². The van der Waals surface area contributed by atoms with Gasteiger partial charge in [0.15, 0.2) is 0 Å². The van der Waals surface area contributed by atoms with Crippen LogP contribution in [0.1, 0.15) is 32.3 Å². The van der Waals surface area contributed by atoms with Crippen molar-refractivity contribution in [3.8, 4) is 0 Å². The second-order valence-corrected chi connectivity index (χ2v) is 6.62. The standard InChI is InChI=1S/C17H22N2O/c1-17(2)8-5-9-19(12-17)16(20)10-13-11-18-15-7-4-3-6-14(13)15/h3-4,6-7,11,18H,5,8-10,12H2,1-2H3. The molecule has 2 aromatic rings. The van der Waals surface area contributed by atoms with Crippen LogP contribution in [0.5, 0.6) is 0 Å². The molecule has 0 spiro atoms. The Bertz CT molecular complexity index is 627. The highest BCUT2D eigenvalue weighted by Gasteiger charge is 2.29. The van der Waals surface area contributed by atoms with E-state index in [4.69, 9.17) is 0 Å². The number of carbonyl (C=O) groups excluding carboxylic acids is 1. The number of rotatable bonds is 2. The Kier molecular flexibility index (Phi) is 3.28. The minimum atomic E-state index is 0.252. The van der Waals surface area contributed by atoms with Gasteiger partial charge in [-0.15, -0.1) is 0 Å². The van der Waals surface area contributed by atoms with Crippen LogP contribution in [-0.4, -0.2) is 28.9 Å². The molecule has 0 bridgehead atoms. The fourth-order valence-electron chi connectivity index (χ4n) is 3.19. The highest BCUT2D eigenvalue weighted by Crippen LogP contribution is 2.29. The molecule has 0 saturated carbocycles. The van der Waals surface area contributed by atoms with Crippen LogP contribution in [0.3, 0.4) is 0 Å². The molecule has 0 radical (unpaired) electrons. The smallest absolute Gasteiger partial charge is 0.227 e. The zero-order valence-corrected chi connectivity index (χ0v) is 12.3. The number of nitrogens with zero attached hydrogens (tertiary/aromatic N) is 1. The van der Waals surface area contributed by atoms with E-state index in [-0.39, 0.29) is 11.3 Å². The molecular weight excluding hydrogens is 248 g/mol. The Hall–Kier alpha value is -1.77. The number of benzene rings is 1. The third-order valence-electron chi connectivity index (χ3n) is 4.27. The number of hydrogen-bond acceptors (Lipinski definition) is 1. The highest BCUT2D eigenvalue weighted by molar-refractivity contribution is 5.88. The van der Waals surface area contributed by atoms with E-state index in [2.05, 4.69) is 24.9 Å². The Labute approximate surface area is 120 Å². The maximum Gasteiger partial charge on any atom is 0.227 e. The summed E-state index contributed by atoms with van der Waals surface area (Å²) in [4.78, 5) is 17.8. The number of amides is 1. The zero-order valence-electron chi connectivity index (χ0n) is 12.3. The molecule has 1 N–H and O–H groups in total. The summed E-state index contributed by atoms with van der Waals surface area (Å²) < 4.78 is 0. The maximum atomic E-state index is 12.5. The first-order valence-electron chi connectivity index (χ1n) is 7.38. The van der Waals surface area contributed by atoms with Crippen molar-refractivity contribution in [3.05, 3.63) is 36.0 Å². The summed E-state index contributed by atoms with van der Waals surface area (Å²) >= 11 is 0. The van der Waals surface area contributed by atoms with Crippen molar-refractivity contribution >= 4 is 16.8 Å². The monoisotopic (exact) mass is 270 g/mol. The Morgan fingerprint density at radius 1 is 1.35 bits per heavy atom.